The Morgan fingerprint density at radius 1 is 1.09 bits per heavy atom. The first kappa shape index (κ1) is 19.4. The molecular formula is C25H23N5OS. The van der Waals surface area contributed by atoms with E-state index >= 15 is 0 Å². The number of nitrogens with one attached hydrogen (secondary N) is 3. The van der Waals surface area contributed by atoms with Gasteiger partial charge in [-0.2, -0.15) is 5.10 Å². The Labute approximate surface area is 189 Å². The fourth-order valence-corrected chi connectivity index (χ4v) is 5.61. The number of ketones is 1. The van der Waals surface area contributed by atoms with Crippen LogP contribution in [0.25, 0.3) is 43.8 Å². The van der Waals surface area contributed by atoms with Crippen LogP contribution in [0.1, 0.15) is 40.9 Å². The number of hydrogen-bond donors (Lipinski definition) is 3. The summed E-state index contributed by atoms with van der Waals surface area (Å²) in [6.45, 7) is 3.72. The molecule has 0 aliphatic carbocycles. The van der Waals surface area contributed by atoms with Gasteiger partial charge in [-0.1, -0.05) is 12.1 Å². The first-order chi connectivity index (χ1) is 15.7. The molecule has 6 nitrogen and oxygen atoms in total. The number of aromatic amines is 2. The molecule has 1 saturated heterocycles. The molecule has 160 valence electrons. The minimum absolute atomic E-state index is 0.100. The van der Waals surface area contributed by atoms with Gasteiger partial charge in [0.25, 0.3) is 0 Å². The number of carbonyl (C=O) groups is 1. The Morgan fingerprint density at radius 2 is 1.97 bits per heavy atom. The van der Waals surface area contributed by atoms with Crippen LogP contribution in [0, 0.1) is 0 Å². The summed E-state index contributed by atoms with van der Waals surface area (Å²) < 4.78 is 0. The fourth-order valence-electron chi connectivity index (χ4n) is 4.67. The molecule has 0 saturated carbocycles. The number of thiophene rings is 1. The third-order valence-corrected chi connectivity index (χ3v) is 7.61. The molecule has 1 fully saturated rings. The Balaban J connectivity index is 1.44. The van der Waals surface area contributed by atoms with Crippen LogP contribution >= 0.6 is 11.3 Å². The summed E-state index contributed by atoms with van der Waals surface area (Å²) in [5, 5.41) is 13.3. The number of fused-ring (bicyclic) bond motifs is 2. The van der Waals surface area contributed by atoms with E-state index in [1.54, 1.807) is 6.92 Å². The van der Waals surface area contributed by atoms with Crippen LogP contribution in [0.4, 0.5) is 0 Å². The Kier molecular flexibility index (Phi) is 4.66. The summed E-state index contributed by atoms with van der Waals surface area (Å²) in [4.78, 5) is 21.8. The summed E-state index contributed by atoms with van der Waals surface area (Å²) in [6, 6.07) is 14.6. The standard InChI is InChI=1S/C25H23N5OS/c1-14(31)22-5-6-23(32-22)17-3-2-4-20-18(17)12-21(28-20)24-19-11-16(13-27-25(19)30-29-24)15-7-9-26-10-8-15/h2-6,11-13,15,26,28H,7-10H2,1H3,(H,27,29,30). The van der Waals surface area contributed by atoms with Gasteiger partial charge < -0.3 is 10.3 Å². The van der Waals surface area contributed by atoms with Crippen LogP contribution in [0.2, 0.25) is 0 Å². The van der Waals surface area contributed by atoms with Gasteiger partial charge in [0, 0.05) is 32.9 Å². The van der Waals surface area contributed by atoms with Gasteiger partial charge in [0.1, 0.15) is 5.69 Å². The molecule has 1 aliphatic heterocycles. The molecule has 6 rings (SSSR count). The van der Waals surface area contributed by atoms with E-state index in [0.29, 0.717) is 5.92 Å². The molecule has 0 spiro atoms. The van der Waals surface area contributed by atoms with E-state index < -0.39 is 0 Å². The van der Waals surface area contributed by atoms with Crippen molar-refractivity contribution in [3.05, 3.63) is 59.1 Å². The maximum absolute atomic E-state index is 11.8. The fraction of sp³-hybridized carbons (Fsp3) is 0.240. The summed E-state index contributed by atoms with van der Waals surface area (Å²) in [5.41, 5.74) is 6.12. The van der Waals surface area contributed by atoms with Gasteiger partial charge in [-0.3, -0.25) is 9.89 Å². The van der Waals surface area contributed by atoms with E-state index in [1.807, 2.05) is 24.4 Å². The van der Waals surface area contributed by atoms with Crippen LogP contribution in [0.5, 0.6) is 0 Å². The molecule has 7 heteroatoms. The lowest BCUT2D eigenvalue weighted by molar-refractivity contribution is 0.102. The summed E-state index contributed by atoms with van der Waals surface area (Å²) in [7, 11) is 0. The smallest absolute Gasteiger partial charge is 0.169 e. The molecule has 5 heterocycles. The normalized spacial score (nSPS) is 15.0. The predicted octanol–water partition coefficient (Wildman–Crippen LogP) is 5.50. The molecular weight excluding hydrogens is 418 g/mol. The van der Waals surface area contributed by atoms with Gasteiger partial charge >= 0.3 is 0 Å². The molecule has 5 aromatic rings. The van der Waals surface area contributed by atoms with Crippen LogP contribution in [0.3, 0.4) is 0 Å². The van der Waals surface area contributed by atoms with Crippen molar-refractivity contribution < 1.29 is 4.79 Å². The number of nitrogens with zero attached hydrogens (tertiary/aromatic N) is 2. The molecule has 0 bridgehead atoms. The Morgan fingerprint density at radius 3 is 2.78 bits per heavy atom. The minimum Gasteiger partial charge on any atom is -0.353 e. The maximum Gasteiger partial charge on any atom is 0.169 e. The van der Waals surface area contributed by atoms with Crippen molar-refractivity contribution in [2.75, 3.05) is 13.1 Å². The summed E-state index contributed by atoms with van der Waals surface area (Å²) >= 11 is 1.54. The SMILES string of the molecule is CC(=O)c1ccc(-c2cccc3[nH]c(-c4n[nH]c5ncc(C6CCNCC6)cc45)cc23)s1. The summed E-state index contributed by atoms with van der Waals surface area (Å²) in [5.74, 6) is 0.641. The second-order valence-corrected chi connectivity index (χ2v) is 9.51. The van der Waals surface area contributed by atoms with Crippen LogP contribution in [-0.2, 0) is 0 Å². The van der Waals surface area contributed by atoms with Crippen LogP contribution in [0.15, 0.2) is 48.7 Å². The first-order valence-electron chi connectivity index (χ1n) is 11.0. The molecule has 32 heavy (non-hydrogen) atoms. The van der Waals surface area contributed by atoms with Crippen LogP contribution in [-0.4, -0.2) is 39.0 Å². The van der Waals surface area contributed by atoms with Gasteiger partial charge in [-0.05, 0) is 74.7 Å². The van der Waals surface area contributed by atoms with E-state index in [1.165, 1.54) is 16.9 Å². The number of piperidine rings is 1. The van der Waals surface area contributed by atoms with Gasteiger partial charge in [0.15, 0.2) is 11.4 Å². The zero-order valence-corrected chi connectivity index (χ0v) is 18.6. The number of H-pyrrole nitrogens is 2. The highest BCUT2D eigenvalue weighted by Gasteiger charge is 2.19. The number of rotatable bonds is 4. The van der Waals surface area contributed by atoms with E-state index in [2.05, 4.69) is 49.7 Å². The number of benzene rings is 1. The molecule has 0 unspecified atom stereocenters. The van der Waals surface area contributed by atoms with Gasteiger partial charge in [0.2, 0.25) is 0 Å². The third-order valence-electron chi connectivity index (χ3n) is 6.39. The van der Waals surface area contributed by atoms with Crippen molar-refractivity contribution in [1.29, 1.82) is 0 Å². The maximum atomic E-state index is 11.8. The number of pyridine rings is 1. The molecule has 3 N–H and O–H groups in total. The van der Waals surface area contributed by atoms with Gasteiger partial charge in [0.05, 0.1) is 10.6 Å². The predicted molar refractivity (Wildman–Crippen MR) is 129 cm³/mol. The molecule has 1 aromatic carbocycles. The van der Waals surface area contributed by atoms with Crippen molar-refractivity contribution in [2.24, 2.45) is 0 Å². The van der Waals surface area contributed by atoms with Crippen molar-refractivity contribution in [3.63, 3.8) is 0 Å². The highest BCUT2D eigenvalue weighted by Crippen LogP contribution is 2.37. The van der Waals surface area contributed by atoms with Crippen LogP contribution < -0.4 is 5.32 Å². The summed E-state index contributed by atoms with van der Waals surface area (Å²) in [6.07, 6.45) is 4.27. The molecule has 0 atom stereocenters. The average Bonchev–Trinajstić information content (AvgIpc) is 3.56. The Hall–Kier alpha value is -3.29. The minimum atomic E-state index is 0.100. The number of hydrogen-bond acceptors (Lipinski definition) is 5. The zero-order valence-electron chi connectivity index (χ0n) is 17.7. The number of Topliss-reactive ketones (excluding diaryl/α,β-unsaturated/α-hetero) is 1. The lowest BCUT2D eigenvalue weighted by Crippen LogP contribution is -2.26. The lowest BCUT2D eigenvalue weighted by atomic mass is 9.91. The van der Waals surface area contributed by atoms with E-state index in [-0.39, 0.29) is 5.78 Å². The van der Waals surface area contributed by atoms with Gasteiger partial charge in [-0.15, -0.1) is 11.3 Å². The van der Waals surface area contributed by atoms with Crippen molar-refractivity contribution in [2.45, 2.75) is 25.7 Å². The van der Waals surface area contributed by atoms with E-state index in [4.69, 9.17) is 0 Å². The second kappa shape index (κ2) is 7.69. The quantitative estimate of drug-likeness (QED) is 0.321. The third kappa shape index (κ3) is 3.25. The monoisotopic (exact) mass is 441 g/mol. The zero-order chi connectivity index (χ0) is 21.7. The largest absolute Gasteiger partial charge is 0.353 e. The van der Waals surface area contributed by atoms with E-state index in [0.717, 1.165) is 74.6 Å². The van der Waals surface area contributed by atoms with E-state index in [9.17, 15) is 4.79 Å². The molecule has 1 aliphatic rings. The van der Waals surface area contributed by atoms with Crippen molar-refractivity contribution in [1.82, 2.24) is 25.5 Å². The lowest BCUT2D eigenvalue weighted by Gasteiger charge is -2.22. The second-order valence-electron chi connectivity index (χ2n) is 8.43. The Bertz CT molecular complexity index is 1450. The topological polar surface area (TPSA) is 86.5 Å². The molecule has 0 radical (unpaired) electrons. The van der Waals surface area contributed by atoms with Crippen molar-refractivity contribution in [3.8, 4) is 21.8 Å². The molecule has 4 aromatic heterocycles. The molecule has 0 amide bonds. The number of aromatic nitrogens is 4. The highest BCUT2D eigenvalue weighted by atomic mass is 32.1. The number of carbonyl (C=O) groups excluding carboxylic acids is 1. The van der Waals surface area contributed by atoms with Gasteiger partial charge in [-0.25, -0.2) is 4.98 Å². The average molecular weight is 442 g/mol. The first-order valence-corrected chi connectivity index (χ1v) is 11.8. The highest BCUT2D eigenvalue weighted by molar-refractivity contribution is 7.17. The van der Waals surface area contributed by atoms with Crippen molar-refractivity contribution >= 4 is 39.1 Å².